The summed E-state index contributed by atoms with van der Waals surface area (Å²) in [6, 6.07) is 6.24. The van der Waals surface area contributed by atoms with Gasteiger partial charge in [0, 0.05) is 12.3 Å². The number of oxime groups is 1. The lowest BCUT2D eigenvalue weighted by Crippen LogP contribution is -2.23. The Kier molecular flexibility index (Phi) is 4.63. The third kappa shape index (κ3) is 3.61. The van der Waals surface area contributed by atoms with Crippen molar-refractivity contribution in [3.63, 3.8) is 0 Å². The summed E-state index contributed by atoms with van der Waals surface area (Å²) in [5, 5.41) is 12.4. The minimum Gasteiger partial charge on any atom is -0.493 e. The molecule has 5 nitrogen and oxygen atoms in total. The zero-order valence-corrected chi connectivity index (χ0v) is 11.1. The molecular weight excluding hydrogens is 244 g/mol. The minimum absolute atomic E-state index is 0.0595. The van der Waals surface area contributed by atoms with Crippen molar-refractivity contribution in [1.82, 2.24) is 0 Å². The molecular formula is C14H20N2O3. The van der Waals surface area contributed by atoms with E-state index in [2.05, 4.69) is 17.3 Å². The van der Waals surface area contributed by atoms with E-state index in [0.29, 0.717) is 5.84 Å². The molecule has 0 fully saturated rings. The van der Waals surface area contributed by atoms with E-state index in [-0.39, 0.29) is 19.1 Å². The fraction of sp³-hybridized carbons (Fsp3) is 0.500. The molecule has 0 saturated carbocycles. The van der Waals surface area contributed by atoms with Crippen LogP contribution in [0.2, 0.25) is 0 Å². The number of benzene rings is 1. The maximum atomic E-state index is 8.60. The van der Waals surface area contributed by atoms with Crippen molar-refractivity contribution in [3.8, 4) is 5.75 Å². The van der Waals surface area contributed by atoms with Gasteiger partial charge in [-0.3, -0.25) is 0 Å². The molecule has 1 aliphatic rings. The average Bonchev–Trinajstić information content (AvgIpc) is 2.86. The molecule has 19 heavy (non-hydrogen) atoms. The highest BCUT2D eigenvalue weighted by molar-refractivity contribution is 5.82. The average molecular weight is 264 g/mol. The molecule has 0 radical (unpaired) electrons. The van der Waals surface area contributed by atoms with Crippen molar-refractivity contribution in [3.05, 3.63) is 29.3 Å². The molecule has 0 saturated heterocycles. The Balaban J connectivity index is 1.95. The summed E-state index contributed by atoms with van der Waals surface area (Å²) in [6.07, 6.45) is 1.78. The summed E-state index contributed by atoms with van der Waals surface area (Å²) >= 11 is 0. The number of aliphatic hydroxyl groups excluding tert-OH is 1. The van der Waals surface area contributed by atoms with Crippen LogP contribution in [0.1, 0.15) is 18.1 Å². The largest absolute Gasteiger partial charge is 0.493 e. The lowest BCUT2D eigenvalue weighted by molar-refractivity contribution is 0.0973. The highest BCUT2D eigenvalue weighted by Gasteiger charge is 2.14. The van der Waals surface area contributed by atoms with Crippen molar-refractivity contribution in [2.45, 2.75) is 19.8 Å². The third-order valence-electron chi connectivity index (χ3n) is 3.15. The predicted octanol–water partition coefficient (Wildman–Crippen LogP) is 1.08. The predicted molar refractivity (Wildman–Crippen MR) is 73.2 cm³/mol. The van der Waals surface area contributed by atoms with E-state index in [1.54, 1.807) is 0 Å². The summed E-state index contributed by atoms with van der Waals surface area (Å²) in [5.74, 6) is 1.54. The van der Waals surface area contributed by atoms with Gasteiger partial charge in [0.15, 0.2) is 0 Å². The molecule has 1 atom stereocenters. The Bertz CT molecular complexity index is 460. The second-order valence-corrected chi connectivity index (χ2v) is 4.72. The first-order valence-corrected chi connectivity index (χ1v) is 6.51. The first-order chi connectivity index (χ1) is 9.20. The van der Waals surface area contributed by atoms with Crippen LogP contribution in [0, 0.1) is 5.92 Å². The summed E-state index contributed by atoms with van der Waals surface area (Å²) < 4.78 is 5.48. The van der Waals surface area contributed by atoms with Crippen LogP contribution in [0.5, 0.6) is 5.75 Å². The van der Waals surface area contributed by atoms with Crippen LogP contribution in [0.15, 0.2) is 23.4 Å². The van der Waals surface area contributed by atoms with Crippen LogP contribution < -0.4 is 10.5 Å². The van der Waals surface area contributed by atoms with E-state index in [1.165, 1.54) is 11.1 Å². The molecule has 0 aliphatic carbocycles. The molecule has 0 aromatic heterocycles. The molecule has 0 amide bonds. The second kappa shape index (κ2) is 6.43. The van der Waals surface area contributed by atoms with Crippen LogP contribution >= 0.6 is 0 Å². The first kappa shape index (κ1) is 13.7. The lowest BCUT2D eigenvalue weighted by Gasteiger charge is -2.11. The van der Waals surface area contributed by atoms with Gasteiger partial charge in [0.2, 0.25) is 0 Å². The molecule has 0 spiro atoms. The molecule has 0 bridgehead atoms. The first-order valence-electron chi connectivity index (χ1n) is 6.51. The van der Waals surface area contributed by atoms with Gasteiger partial charge in [0.1, 0.15) is 18.2 Å². The monoisotopic (exact) mass is 264 g/mol. The van der Waals surface area contributed by atoms with Crippen LogP contribution in [0.25, 0.3) is 0 Å². The maximum absolute atomic E-state index is 8.60. The van der Waals surface area contributed by atoms with Crippen molar-refractivity contribution < 1.29 is 14.7 Å². The molecule has 5 heteroatoms. The van der Waals surface area contributed by atoms with Gasteiger partial charge >= 0.3 is 0 Å². The van der Waals surface area contributed by atoms with Crippen molar-refractivity contribution in [1.29, 1.82) is 0 Å². The van der Waals surface area contributed by atoms with Crippen LogP contribution in [-0.4, -0.2) is 30.8 Å². The van der Waals surface area contributed by atoms with Crippen LogP contribution in [-0.2, 0) is 17.7 Å². The van der Waals surface area contributed by atoms with E-state index in [4.69, 9.17) is 20.4 Å². The topological polar surface area (TPSA) is 77.1 Å². The van der Waals surface area contributed by atoms with Crippen molar-refractivity contribution in [2.75, 3.05) is 19.8 Å². The Labute approximate surface area is 113 Å². The third-order valence-corrected chi connectivity index (χ3v) is 3.15. The molecule has 1 heterocycles. The van der Waals surface area contributed by atoms with Crippen molar-refractivity contribution in [2.24, 2.45) is 16.8 Å². The Hall–Kier alpha value is -1.75. The van der Waals surface area contributed by atoms with E-state index in [9.17, 15) is 0 Å². The van der Waals surface area contributed by atoms with Gasteiger partial charge in [-0.25, -0.2) is 0 Å². The fourth-order valence-corrected chi connectivity index (χ4v) is 2.08. The van der Waals surface area contributed by atoms with Crippen LogP contribution in [0.3, 0.4) is 0 Å². The summed E-state index contributed by atoms with van der Waals surface area (Å²) in [7, 11) is 0. The quantitative estimate of drug-likeness (QED) is 0.349. The molecule has 0 unspecified atom stereocenters. The molecule has 1 aromatic carbocycles. The number of fused-ring (bicyclic) bond motifs is 1. The summed E-state index contributed by atoms with van der Waals surface area (Å²) in [6.45, 7) is 2.89. The summed E-state index contributed by atoms with van der Waals surface area (Å²) in [5.41, 5.74) is 8.32. The Morgan fingerprint density at radius 3 is 3.21 bits per heavy atom. The molecule has 104 valence electrons. The van der Waals surface area contributed by atoms with E-state index < -0.39 is 0 Å². The van der Waals surface area contributed by atoms with Crippen molar-refractivity contribution >= 4 is 5.84 Å². The van der Waals surface area contributed by atoms with Gasteiger partial charge in [-0.1, -0.05) is 24.2 Å². The highest BCUT2D eigenvalue weighted by atomic mass is 16.6. The zero-order valence-electron chi connectivity index (χ0n) is 11.1. The SMILES string of the molecule is C[C@@H](Cc1ccc2c(c1)CCO2)/C(N)=N/OCCO. The molecule has 2 rings (SSSR count). The number of rotatable bonds is 6. The Morgan fingerprint density at radius 2 is 2.42 bits per heavy atom. The van der Waals surface area contributed by atoms with E-state index >= 15 is 0 Å². The van der Waals surface area contributed by atoms with Gasteiger partial charge in [-0.2, -0.15) is 0 Å². The van der Waals surface area contributed by atoms with E-state index in [1.807, 2.05) is 13.0 Å². The number of aliphatic hydroxyl groups is 1. The molecule has 3 N–H and O–H groups in total. The second-order valence-electron chi connectivity index (χ2n) is 4.72. The fourth-order valence-electron chi connectivity index (χ4n) is 2.08. The summed E-state index contributed by atoms with van der Waals surface area (Å²) in [4.78, 5) is 4.87. The Morgan fingerprint density at radius 1 is 1.58 bits per heavy atom. The lowest BCUT2D eigenvalue weighted by atomic mass is 9.98. The standard InChI is InChI=1S/C14H20N2O3/c1-10(14(15)16-19-7-5-17)8-11-2-3-13-12(9-11)4-6-18-13/h2-3,9-10,17H,4-8H2,1H3,(H2,15,16)/t10-/m0/s1. The number of hydrogen-bond donors (Lipinski definition) is 2. The van der Waals surface area contributed by atoms with Gasteiger partial charge in [-0.15, -0.1) is 0 Å². The number of hydrogen-bond acceptors (Lipinski definition) is 4. The van der Waals surface area contributed by atoms with Gasteiger partial charge in [0.05, 0.1) is 13.2 Å². The number of nitrogens with two attached hydrogens (primary N) is 1. The van der Waals surface area contributed by atoms with E-state index in [0.717, 1.165) is 25.2 Å². The highest BCUT2D eigenvalue weighted by Crippen LogP contribution is 2.26. The zero-order chi connectivity index (χ0) is 13.7. The van der Waals surface area contributed by atoms with Gasteiger partial charge in [0.25, 0.3) is 0 Å². The number of nitrogens with zero attached hydrogens (tertiary/aromatic N) is 1. The smallest absolute Gasteiger partial charge is 0.142 e. The molecule has 1 aliphatic heterocycles. The normalized spacial score (nSPS) is 15.8. The van der Waals surface area contributed by atoms with Gasteiger partial charge < -0.3 is 20.4 Å². The van der Waals surface area contributed by atoms with Gasteiger partial charge in [-0.05, 0) is 23.6 Å². The van der Waals surface area contributed by atoms with Crippen LogP contribution in [0.4, 0.5) is 0 Å². The number of amidine groups is 1. The number of ether oxygens (including phenoxy) is 1. The molecule has 1 aromatic rings. The maximum Gasteiger partial charge on any atom is 0.142 e. The minimum atomic E-state index is -0.0595.